The summed E-state index contributed by atoms with van der Waals surface area (Å²) in [5, 5.41) is 15.4. The van der Waals surface area contributed by atoms with Crippen LogP contribution in [0.5, 0.6) is 0 Å². The molecule has 0 saturated carbocycles. The molecule has 0 fully saturated rings. The van der Waals surface area contributed by atoms with E-state index in [4.69, 9.17) is 0 Å². The van der Waals surface area contributed by atoms with Gasteiger partial charge in [-0.15, -0.1) is 10.2 Å². The molecule has 0 bridgehead atoms. The number of H-pyrrole nitrogens is 1. The summed E-state index contributed by atoms with van der Waals surface area (Å²) in [6, 6.07) is 19.5. The van der Waals surface area contributed by atoms with E-state index in [1.807, 2.05) is 55.6 Å². The van der Waals surface area contributed by atoms with Crippen molar-refractivity contribution in [3.8, 4) is 0 Å². The average Bonchev–Trinajstić information content (AvgIpc) is 3.13. The highest BCUT2D eigenvalue weighted by atomic mass is 16.1. The number of aromatic amines is 1. The van der Waals surface area contributed by atoms with Gasteiger partial charge in [-0.3, -0.25) is 4.79 Å². The highest BCUT2D eigenvalue weighted by Gasteiger charge is 2.09. The van der Waals surface area contributed by atoms with Crippen molar-refractivity contribution < 1.29 is 4.79 Å². The van der Waals surface area contributed by atoms with Crippen LogP contribution in [0.15, 0.2) is 66.9 Å². The fourth-order valence-electron chi connectivity index (χ4n) is 3.04. The largest absolute Gasteiger partial charge is 0.361 e. The lowest BCUT2D eigenvalue weighted by atomic mass is 10.1. The molecule has 0 aliphatic rings. The van der Waals surface area contributed by atoms with Crippen molar-refractivity contribution in [3.05, 3.63) is 83.7 Å². The number of hydrogen-bond donors (Lipinski definition) is 3. The van der Waals surface area contributed by atoms with Gasteiger partial charge in [0, 0.05) is 29.3 Å². The lowest BCUT2D eigenvalue weighted by molar-refractivity contribution is 0.0948. The predicted molar refractivity (Wildman–Crippen MR) is 111 cm³/mol. The van der Waals surface area contributed by atoms with Gasteiger partial charge in [-0.05, 0) is 49.2 Å². The van der Waals surface area contributed by atoms with Crippen molar-refractivity contribution in [2.75, 3.05) is 11.9 Å². The summed E-state index contributed by atoms with van der Waals surface area (Å²) >= 11 is 0. The molecule has 6 heteroatoms. The van der Waals surface area contributed by atoms with Crippen LogP contribution in [-0.2, 0) is 6.42 Å². The second-order valence-corrected chi connectivity index (χ2v) is 6.66. The standard InChI is InChI=1S/C22H21N5O/c1-15-6-8-17(9-7-15)25-21-11-10-20(26-27-21)22(28)23-13-12-16-14-24-19-5-3-2-4-18(16)19/h2-11,14,24H,12-13H2,1H3,(H,23,28)(H,25,27). The van der Waals surface area contributed by atoms with Crippen LogP contribution in [0.1, 0.15) is 21.6 Å². The van der Waals surface area contributed by atoms with Crippen molar-refractivity contribution >= 4 is 28.3 Å². The number of benzene rings is 2. The first-order valence-electron chi connectivity index (χ1n) is 9.20. The highest BCUT2D eigenvalue weighted by Crippen LogP contribution is 2.18. The van der Waals surface area contributed by atoms with E-state index >= 15 is 0 Å². The highest BCUT2D eigenvalue weighted by molar-refractivity contribution is 5.92. The van der Waals surface area contributed by atoms with Crippen molar-refractivity contribution in [1.29, 1.82) is 0 Å². The van der Waals surface area contributed by atoms with Gasteiger partial charge in [-0.1, -0.05) is 35.9 Å². The normalized spacial score (nSPS) is 10.8. The van der Waals surface area contributed by atoms with Gasteiger partial charge in [0.05, 0.1) is 0 Å². The molecule has 0 spiro atoms. The first-order chi connectivity index (χ1) is 13.7. The van der Waals surface area contributed by atoms with Crippen LogP contribution in [0.2, 0.25) is 0 Å². The number of carbonyl (C=O) groups is 1. The lowest BCUT2D eigenvalue weighted by Gasteiger charge is -2.07. The van der Waals surface area contributed by atoms with Crippen LogP contribution < -0.4 is 10.6 Å². The maximum Gasteiger partial charge on any atom is 0.271 e. The van der Waals surface area contributed by atoms with E-state index in [1.54, 1.807) is 12.1 Å². The summed E-state index contributed by atoms with van der Waals surface area (Å²) in [6.07, 6.45) is 2.73. The van der Waals surface area contributed by atoms with Gasteiger partial charge in [-0.25, -0.2) is 0 Å². The van der Waals surface area contributed by atoms with Crippen molar-refractivity contribution in [2.24, 2.45) is 0 Å². The molecule has 0 saturated heterocycles. The number of nitrogens with one attached hydrogen (secondary N) is 3. The Labute approximate surface area is 163 Å². The molecule has 0 aliphatic carbocycles. The summed E-state index contributed by atoms with van der Waals surface area (Å²) in [7, 11) is 0. The molecule has 0 atom stereocenters. The minimum absolute atomic E-state index is 0.228. The number of hydrogen-bond acceptors (Lipinski definition) is 4. The summed E-state index contributed by atoms with van der Waals surface area (Å²) in [6.45, 7) is 2.57. The van der Waals surface area contributed by atoms with E-state index in [9.17, 15) is 4.79 Å². The number of rotatable bonds is 6. The molecule has 2 heterocycles. The maximum atomic E-state index is 12.3. The van der Waals surface area contributed by atoms with Gasteiger partial charge in [0.2, 0.25) is 0 Å². The molecular formula is C22H21N5O. The molecule has 1 amide bonds. The number of anilines is 2. The first-order valence-corrected chi connectivity index (χ1v) is 9.20. The quantitative estimate of drug-likeness (QED) is 0.479. The molecule has 28 heavy (non-hydrogen) atoms. The second kappa shape index (κ2) is 7.92. The molecule has 0 aliphatic heterocycles. The van der Waals surface area contributed by atoms with Crippen molar-refractivity contribution in [3.63, 3.8) is 0 Å². The van der Waals surface area contributed by atoms with E-state index < -0.39 is 0 Å². The molecule has 4 rings (SSSR count). The Balaban J connectivity index is 1.32. The minimum Gasteiger partial charge on any atom is -0.361 e. The smallest absolute Gasteiger partial charge is 0.271 e. The minimum atomic E-state index is -0.228. The van der Waals surface area contributed by atoms with Gasteiger partial charge >= 0.3 is 0 Å². The number of aromatic nitrogens is 3. The fraction of sp³-hybridized carbons (Fsp3) is 0.136. The zero-order valence-corrected chi connectivity index (χ0v) is 15.6. The Kier molecular flexibility index (Phi) is 5.01. The molecule has 0 unspecified atom stereocenters. The fourth-order valence-corrected chi connectivity index (χ4v) is 3.04. The third kappa shape index (κ3) is 4.01. The number of amides is 1. The molecule has 6 nitrogen and oxygen atoms in total. The Morgan fingerprint density at radius 1 is 1.00 bits per heavy atom. The van der Waals surface area contributed by atoms with Crippen molar-refractivity contribution in [1.82, 2.24) is 20.5 Å². The van der Waals surface area contributed by atoms with Gasteiger partial charge in [0.25, 0.3) is 5.91 Å². The summed E-state index contributed by atoms with van der Waals surface area (Å²) in [4.78, 5) is 15.5. The van der Waals surface area contributed by atoms with Crippen LogP contribution in [0.25, 0.3) is 10.9 Å². The summed E-state index contributed by atoms with van der Waals surface area (Å²) < 4.78 is 0. The van der Waals surface area contributed by atoms with Gasteiger partial charge in [0.1, 0.15) is 0 Å². The van der Waals surface area contributed by atoms with Crippen molar-refractivity contribution in [2.45, 2.75) is 13.3 Å². The molecule has 3 N–H and O–H groups in total. The van der Waals surface area contributed by atoms with Crippen LogP contribution in [-0.4, -0.2) is 27.6 Å². The molecule has 4 aromatic rings. The number of para-hydroxylation sites is 1. The molecule has 0 radical (unpaired) electrons. The third-order valence-electron chi connectivity index (χ3n) is 4.58. The average molecular weight is 371 g/mol. The number of fused-ring (bicyclic) bond motifs is 1. The SMILES string of the molecule is Cc1ccc(Nc2ccc(C(=O)NCCc3c[nH]c4ccccc34)nn2)cc1. The van der Waals surface area contributed by atoms with Gasteiger partial charge in [-0.2, -0.15) is 0 Å². The van der Waals surface area contributed by atoms with Crippen LogP contribution >= 0.6 is 0 Å². The van der Waals surface area contributed by atoms with Crippen LogP contribution in [0.4, 0.5) is 11.5 Å². The Hall–Kier alpha value is -3.67. The first kappa shape index (κ1) is 17.7. The molecule has 2 aromatic heterocycles. The topological polar surface area (TPSA) is 82.7 Å². The van der Waals surface area contributed by atoms with Gasteiger partial charge in [0.15, 0.2) is 11.5 Å². The molecule has 2 aromatic carbocycles. The van der Waals surface area contributed by atoms with E-state index in [0.717, 1.165) is 17.6 Å². The Bertz CT molecular complexity index is 1080. The third-order valence-corrected chi connectivity index (χ3v) is 4.58. The van der Waals surface area contributed by atoms with E-state index in [-0.39, 0.29) is 5.91 Å². The lowest BCUT2D eigenvalue weighted by Crippen LogP contribution is -2.26. The van der Waals surface area contributed by atoms with Crippen LogP contribution in [0.3, 0.4) is 0 Å². The zero-order chi connectivity index (χ0) is 19.3. The molecule has 140 valence electrons. The van der Waals surface area contributed by atoms with Crippen LogP contribution in [0, 0.1) is 6.92 Å². The monoisotopic (exact) mass is 371 g/mol. The zero-order valence-electron chi connectivity index (χ0n) is 15.6. The molecular weight excluding hydrogens is 350 g/mol. The van der Waals surface area contributed by atoms with E-state index in [2.05, 4.69) is 31.9 Å². The number of carbonyl (C=O) groups excluding carboxylic acids is 1. The second-order valence-electron chi connectivity index (χ2n) is 6.66. The summed E-state index contributed by atoms with van der Waals surface area (Å²) in [5.41, 5.74) is 4.70. The number of nitrogens with zero attached hydrogens (tertiary/aromatic N) is 2. The Morgan fingerprint density at radius 2 is 1.82 bits per heavy atom. The van der Waals surface area contributed by atoms with E-state index in [0.29, 0.717) is 18.1 Å². The Morgan fingerprint density at radius 3 is 2.61 bits per heavy atom. The maximum absolute atomic E-state index is 12.3. The summed E-state index contributed by atoms with van der Waals surface area (Å²) in [5.74, 6) is 0.369. The predicted octanol–water partition coefficient (Wildman–Crippen LogP) is 3.98. The number of aryl methyl sites for hydroxylation is 1. The van der Waals surface area contributed by atoms with E-state index in [1.165, 1.54) is 16.5 Å². The van der Waals surface area contributed by atoms with Gasteiger partial charge < -0.3 is 15.6 Å².